The van der Waals surface area contributed by atoms with Crippen molar-refractivity contribution in [3.8, 4) is 0 Å². The number of hydrogen-bond donors (Lipinski definition) is 0. The van der Waals surface area contributed by atoms with Gasteiger partial charge >= 0.3 is 0 Å². The van der Waals surface area contributed by atoms with Crippen LogP contribution in [0, 0.1) is 0 Å². The molecule has 4 rings (SSSR count). The lowest BCUT2D eigenvalue weighted by Crippen LogP contribution is -2.38. The molecule has 1 aromatic heterocycles. The fraction of sp³-hybridized carbons (Fsp3) is 0.526. The molecule has 0 atom stereocenters. The molecule has 0 bridgehead atoms. The van der Waals surface area contributed by atoms with Crippen LogP contribution in [0.5, 0.6) is 0 Å². The predicted molar refractivity (Wildman–Crippen MR) is 91.4 cm³/mol. The molecule has 0 unspecified atom stereocenters. The third-order valence-electron chi connectivity index (χ3n) is 5.20. The van der Waals surface area contributed by atoms with Crippen LogP contribution in [-0.2, 0) is 4.74 Å². The molecule has 0 aliphatic carbocycles. The Hall–Kier alpha value is -2.21. The normalized spacial score (nSPS) is 19.9. The summed E-state index contributed by atoms with van der Waals surface area (Å²) in [5.41, 5.74) is 0.751. The molecule has 2 fully saturated rings. The Labute approximate surface area is 147 Å². The highest BCUT2D eigenvalue weighted by Gasteiger charge is 2.29. The Kier molecular flexibility index (Phi) is 4.78. The molecular formula is C19H23N3O3. The molecule has 3 heterocycles. The molecular weight excluding hydrogens is 318 g/mol. The lowest BCUT2D eigenvalue weighted by Gasteiger charge is -2.30. The third-order valence-corrected chi connectivity index (χ3v) is 5.20. The maximum absolute atomic E-state index is 12.5. The summed E-state index contributed by atoms with van der Waals surface area (Å²) < 4.78 is 10.9. The molecule has 2 aliphatic rings. The van der Waals surface area contributed by atoms with E-state index in [0.717, 1.165) is 69.3 Å². The summed E-state index contributed by atoms with van der Waals surface area (Å²) in [6, 6.07) is 9.46. The van der Waals surface area contributed by atoms with E-state index in [0.29, 0.717) is 5.92 Å². The summed E-state index contributed by atoms with van der Waals surface area (Å²) in [5.74, 6) is 2.26. The van der Waals surface area contributed by atoms with E-state index in [4.69, 9.17) is 9.26 Å². The zero-order chi connectivity index (χ0) is 17.1. The van der Waals surface area contributed by atoms with Crippen molar-refractivity contribution in [2.24, 2.45) is 0 Å². The van der Waals surface area contributed by atoms with Gasteiger partial charge in [-0.3, -0.25) is 4.79 Å². The molecule has 1 amide bonds. The number of carbonyl (C=O) groups excluding carboxylic acids is 1. The molecule has 25 heavy (non-hydrogen) atoms. The van der Waals surface area contributed by atoms with Crippen molar-refractivity contribution < 1.29 is 14.1 Å². The number of aromatic nitrogens is 2. The summed E-state index contributed by atoms with van der Waals surface area (Å²) >= 11 is 0. The van der Waals surface area contributed by atoms with Crippen molar-refractivity contribution in [1.82, 2.24) is 15.0 Å². The minimum atomic E-state index is 0.104. The van der Waals surface area contributed by atoms with E-state index in [1.54, 1.807) is 0 Å². The van der Waals surface area contributed by atoms with Crippen LogP contribution < -0.4 is 0 Å². The van der Waals surface area contributed by atoms with Crippen LogP contribution in [0.4, 0.5) is 0 Å². The van der Waals surface area contributed by atoms with Gasteiger partial charge in [0.1, 0.15) is 0 Å². The SMILES string of the molecule is O=C(c1ccccc1)N1CCC(c2nc(C3CCOCC3)no2)CC1. The van der Waals surface area contributed by atoms with Crippen LogP contribution >= 0.6 is 0 Å². The zero-order valence-electron chi connectivity index (χ0n) is 14.3. The first-order valence-electron chi connectivity index (χ1n) is 9.07. The van der Waals surface area contributed by atoms with Crippen molar-refractivity contribution in [1.29, 1.82) is 0 Å². The Bertz CT molecular complexity index is 702. The first-order chi connectivity index (χ1) is 12.3. The molecule has 0 saturated carbocycles. The van der Waals surface area contributed by atoms with Gasteiger partial charge in [0, 0.05) is 43.7 Å². The van der Waals surface area contributed by atoms with Crippen LogP contribution in [0.15, 0.2) is 34.9 Å². The van der Waals surface area contributed by atoms with Crippen molar-refractivity contribution in [2.75, 3.05) is 26.3 Å². The van der Waals surface area contributed by atoms with Gasteiger partial charge in [0.2, 0.25) is 5.89 Å². The highest BCUT2D eigenvalue weighted by molar-refractivity contribution is 5.94. The summed E-state index contributed by atoms with van der Waals surface area (Å²) in [5, 5.41) is 4.19. The second kappa shape index (κ2) is 7.35. The second-order valence-corrected chi connectivity index (χ2v) is 6.81. The smallest absolute Gasteiger partial charge is 0.253 e. The third kappa shape index (κ3) is 3.58. The molecule has 0 N–H and O–H groups in total. The van der Waals surface area contributed by atoms with E-state index in [1.165, 1.54) is 0 Å². The Morgan fingerprint density at radius 1 is 1.00 bits per heavy atom. The summed E-state index contributed by atoms with van der Waals surface area (Å²) in [6.45, 7) is 3.00. The first-order valence-corrected chi connectivity index (χ1v) is 9.07. The lowest BCUT2D eigenvalue weighted by atomic mass is 9.96. The Morgan fingerprint density at radius 3 is 2.44 bits per heavy atom. The largest absolute Gasteiger partial charge is 0.381 e. The molecule has 2 saturated heterocycles. The van der Waals surface area contributed by atoms with Crippen molar-refractivity contribution in [3.63, 3.8) is 0 Å². The maximum Gasteiger partial charge on any atom is 0.253 e. The van der Waals surface area contributed by atoms with Crippen LogP contribution in [-0.4, -0.2) is 47.3 Å². The van der Waals surface area contributed by atoms with Gasteiger partial charge in [-0.1, -0.05) is 23.4 Å². The monoisotopic (exact) mass is 341 g/mol. The number of rotatable bonds is 3. The summed E-state index contributed by atoms with van der Waals surface area (Å²) in [7, 11) is 0. The predicted octanol–water partition coefficient (Wildman–Crippen LogP) is 2.98. The molecule has 2 aromatic rings. The number of carbonyl (C=O) groups is 1. The minimum absolute atomic E-state index is 0.104. The summed E-state index contributed by atoms with van der Waals surface area (Å²) in [4.78, 5) is 19.1. The number of nitrogens with zero attached hydrogens (tertiary/aromatic N) is 3. The van der Waals surface area contributed by atoms with Gasteiger partial charge in [-0.15, -0.1) is 0 Å². The van der Waals surface area contributed by atoms with Crippen LogP contribution in [0.25, 0.3) is 0 Å². The maximum atomic E-state index is 12.5. The van der Waals surface area contributed by atoms with E-state index in [-0.39, 0.29) is 11.8 Å². The number of piperidine rings is 1. The van der Waals surface area contributed by atoms with Gasteiger partial charge in [0.05, 0.1) is 0 Å². The molecule has 0 spiro atoms. The van der Waals surface area contributed by atoms with Crippen molar-refractivity contribution in [2.45, 2.75) is 37.5 Å². The number of likely N-dealkylation sites (tertiary alicyclic amines) is 1. The highest BCUT2D eigenvalue weighted by atomic mass is 16.5. The molecule has 2 aliphatic heterocycles. The van der Waals surface area contributed by atoms with Gasteiger partial charge in [-0.05, 0) is 37.8 Å². The van der Waals surface area contributed by atoms with E-state index in [2.05, 4.69) is 10.1 Å². The quantitative estimate of drug-likeness (QED) is 0.858. The fourth-order valence-corrected chi connectivity index (χ4v) is 3.63. The Balaban J connectivity index is 1.36. The number of ether oxygens (including phenoxy) is 1. The molecule has 0 radical (unpaired) electrons. The standard InChI is InChI=1S/C19H23N3O3/c23-19(16-4-2-1-3-5-16)22-10-6-15(7-11-22)18-20-17(21-25-18)14-8-12-24-13-9-14/h1-5,14-15H,6-13H2. The average Bonchev–Trinajstić information content (AvgIpc) is 3.19. The van der Waals surface area contributed by atoms with Gasteiger partial charge in [0.15, 0.2) is 5.82 Å². The van der Waals surface area contributed by atoms with Gasteiger partial charge in [-0.25, -0.2) is 0 Å². The second-order valence-electron chi connectivity index (χ2n) is 6.81. The van der Waals surface area contributed by atoms with Crippen LogP contribution in [0.2, 0.25) is 0 Å². The minimum Gasteiger partial charge on any atom is -0.381 e. The van der Waals surface area contributed by atoms with Crippen molar-refractivity contribution in [3.05, 3.63) is 47.6 Å². The molecule has 6 heteroatoms. The van der Waals surface area contributed by atoms with E-state index < -0.39 is 0 Å². The van der Waals surface area contributed by atoms with Gasteiger partial charge < -0.3 is 14.2 Å². The molecule has 132 valence electrons. The van der Waals surface area contributed by atoms with Gasteiger partial charge in [0.25, 0.3) is 5.91 Å². The topological polar surface area (TPSA) is 68.5 Å². The van der Waals surface area contributed by atoms with E-state index >= 15 is 0 Å². The summed E-state index contributed by atoms with van der Waals surface area (Å²) in [6.07, 6.45) is 3.66. The van der Waals surface area contributed by atoms with Crippen molar-refractivity contribution >= 4 is 5.91 Å². The fourth-order valence-electron chi connectivity index (χ4n) is 3.63. The molecule has 6 nitrogen and oxygen atoms in total. The number of hydrogen-bond acceptors (Lipinski definition) is 5. The molecule has 1 aromatic carbocycles. The van der Waals surface area contributed by atoms with E-state index in [9.17, 15) is 4.79 Å². The average molecular weight is 341 g/mol. The highest BCUT2D eigenvalue weighted by Crippen LogP contribution is 2.30. The number of amides is 1. The van der Waals surface area contributed by atoms with Gasteiger partial charge in [-0.2, -0.15) is 4.98 Å². The number of benzene rings is 1. The van der Waals surface area contributed by atoms with E-state index in [1.807, 2.05) is 35.2 Å². The first kappa shape index (κ1) is 16.3. The van der Waals surface area contributed by atoms with Crippen LogP contribution in [0.1, 0.15) is 59.6 Å². The Morgan fingerprint density at radius 2 is 1.72 bits per heavy atom. The lowest BCUT2D eigenvalue weighted by molar-refractivity contribution is 0.0704. The zero-order valence-corrected chi connectivity index (χ0v) is 14.3. The van der Waals surface area contributed by atoms with Crippen LogP contribution in [0.3, 0.4) is 0 Å².